The summed E-state index contributed by atoms with van der Waals surface area (Å²) >= 11 is 3.37. The van der Waals surface area contributed by atoms with Gasteiger partial charge in [-0.25, -0.2) is 0 Å². The lowest BCUT2D eigenvalue weighted by molar-refractivity contribution is -0.132. The van der Waals surface area contributed by atoms with E-state index >= 15 is 0 Å². The number of carbonyl (C=O) groups excluding carboxylic acids is 1. The molecule has 0 aromatic carbocycles. The number of unbranched alkanes of at least 4 members (excludes halogenated alkanes) is 1. The van der Waals surface area contributed by atoms with E-state index in [0.717, 1.165) is 18.2 Å². The molecule has 1 amide bonds. The highest BCUT2D eigenvalue weighted by molar-refractivity contribution is 9.09. The molecule has 0 aliphatic carbocycles. The van der Waals surface area contributed by atoms with Crippen molar-refractivity contribution in [2.45, 2.75) is 33.1 Å². The second-order valence-corrected chi connectivity index (χ2v) is 4.71. The Kier molecular flexibility index (Phi) is 13.2. The Morgan fingerprint density at radius 3 is 2.06 bits per heavy atom. The number of hydrogen-bond donors (Lipinski definition) is 0. The highest BCUT2D eigenvalue weighted by Crippen LogP contribution is 2.03. The second-order valence-electron chi connectivity index (χ2n) is 3.92. The molecule has 0 bridgehead atoms. The summed E-state index contributed by atoms with van der Waals surface area (Å²) in [5, 5.41) is 0.957. The van der Waals surface area contributed by atoms with Crippen LogP contribution in [0.1, 0.15) is 33.1 Å². The van der Waals surface area contributed by atoms with Gasteiger partial charge in [-0.3, -0.25) is 4.79 Å². The molecule has 0 aliphatic rings. The zero-order valence-electron chi connectivity index (χ0n) is 11.6. The van der Waals surface area contributed by atoms with Gasteiger partial charge in [0.2, 0.25) is 5.91 Å². The van der Waals surface area contributed by atoms with E-state index in [1.165, 1.54) is 0 Å². The fourth-order valence-corrected chi connectivity index (χ4v) is 1.92. The number of halogens is 1. The summed E-state index contributed by atoms with van der Waals surface area (Å²) in [4.78, 5) is 13.9. The van der Waals surface area contributed by atoms with Crippen molar-refractivity contribution in [2.75, 3.05) is 44.8 Å². The molecule has 4 nitrogen and oxygen atoms in total. The first kappa shape index (κ1) is 17.9. The van der Waals surface area contributed by atoms with E-state index in [1.54, 1.807) is 0 Å². The average Bonchev–Trinajstić information content (AvgIpc) is 2.37. The van der Waals surface area contributed by atoms with Crippen molar-refractivity contribution < 1.29 is 14.3 Å². The van der Waals surface area contributed by atoms with E-state index < -0.39 is 0 Å². The van der Waals surface area contributed by atoms with Gasteiger partial charge in [-0.2, -0.15) is 0 Å². The minimum Gasteiger partial charge on any atom is -0.380 e. The Labute approximate surface area is 119 Å². The summed E-state index contributed by atoms with van der Waals surface area (Å²) in [5.41, 5.74) is 0. The van der Waals surface area contributed by atoms with Crippen LogP contribution in [0.15, 0.2) is 0 Å². The van der Waals surface area contributed by atoms with Crippen LogP contribution in [0.25, 0.3) is 0 Å². The lowest BCUT2D eigenvalue weighted by Gasteiger charge is -2.22. The van der Waals surface area contributed by atoms with Gasteiger partial charge >= 0.3 is 0 Å². The van der Waals surface area contributed by atoms with Crippen LogP contribution in [-0.4, -0.2) is 55.7 Å². The van der Waals surface area contributed by atoms with Gasteiger partial charge < -0.3 is 14.4 Å². The number of amides is 1. The third-order valence-corrected chi connectivity index (χ3v) is 3.11. The van der Waals surface area contributed by atoms with Gasteiger partial charge in [-0.15, -0.1) is 0 Å². The minimum absolute atomic E-state index is 0.204. The zero-order valence-corrected chi connectivity index (χ0v) is 13.2. The Morgan fingerprint density at radius 1 is 1.06 bits per heavy atom. The maximum Gasteiger partial charge on any atom is 0.222 e. The van der Waals surface area contributed by atoms with Gasteiger partial charge in [-0.05, 0) is 26.7 Å². The third-order valence-electron chi connectivity index (χ3n) is 2.55. The summed E-state index contributed by atoms with van der Waals surface area (Å²) in [6.07, 6.45) is 2.59. The molecule has 0 radical (unpaired) electrons. The Balaban J connectivity index is 3.95. The van der Waals surface area contributed by atoms with Crippen molar-refractivity contribution >= 4 is 21.8 Å². The predicted molar refractivity (Wildman–Crippen MR) is 77.2 cm³/mol. The quantitative estimate of drug-likeness (QED) is 0.409. The third kappa shape index (κ3) is 9.85. The first-order valence-corrected chi connectivity index (χ1v) is 7.87. The SMILES string of the molecule is CCOCCN(CCOCC)C(=O)CCCCBr. The van der Waals surface area contributed by atoms with Crippen molar-refractivity contribution in [3.63, 3.8) is 0 Å². The summed E-state index contributed by atoms with van der Waals surface area (Å²) < 4.78 is 10.6. The van der Waals surface area contributed by atoms with Gasteiger partial charge in [0.25, 0.3) is 0 Å². The average molecular weight is 324 g/mol. The number of carbonyl (C=O) groups is 1. The van der Waals surface area contributed by atoms with E-state index in [2.05, 4.69) is 15.9 Å². The lowest BCUT2D eigenvalue weighted by atomic mass is 10.2. The Bertz CT molecular complexity index is 193. The van der Waals surface area contributed by atoms with Crippen LogP contribution in [-0.2, 0) is 14.3 Å². The highest BCUT2D eigenvalue weighted by Gasteiger charge is 2.12. The number of ether oxygens (including phenoxy) is 2. The molecule has 0 saturated heterocycles. The summed E-state index contributed by atoms with van der Waals surface area (Å²) in [6, 6.07) is 0. The summed E-state index contributed by atoms with van der Waals surface area (Å²) in [6.45, 7) is 7.83. The van der Waals surface area contributed by atoms with Gasteiger partial charge in [0.15, 0.2) is 0 Å². The van der Waals surface area contributed by atoms with E-state index in [-0.39, 0.29) is 5.91 Å². The number of rotatable bonds is 12. The van der Waals surface area contributed by atoms with Crippen LogP contribution < -0.4 is 0 Å². The maximum absolute atomic E-state index is 12.0. The van der Waals surface area contributed by atoms with Gasteiger partial charge in [0, 0.05) is 38.1 Å². The lowest BCUT2D eigenvalue weighted by Crippen LogP contribution is -2.36. The van der Waals surface area contributed by atoms with Crippen molar-refractivity contribution in [2.24, 2.45) is 0 Å². The molecule has 0 aromatic heterocycles. The van der Waals surface area contributed by atoms with E-state index in [9.17, 15) is 4.79 Å². The first-order chi connectivity index (χ1) is 8.76. The van der Waals surface area contributed by atoms with Gasteiger partial charge in [0.1, 0.15) is 0 Å². The van der Waals surface area contributed by atoms with Gasteiger partial charge in [-0.1, -0.05) is 15.9 Å². The number of hydrogen-bond acceptors (Lipinski definition) is 3. The van der Waals surface area contributed by atoms with Crippen LogP contribution in [0.4, 0.5) is 0 Å². The molecule has 0 heterocycles. The van der Waals surface area contributed by atoms with Crippen molar-refractivity contribution in [3.8, 4) is 0 Å². The van der Waals surface area contributed by atoms with E-state index in [4.69, 9.17) is 9.47 Å². The van der Waals surface area contributed by atoms with Crippen LogP contribution >= 0.6 is 15.9 Å². The summed E-state index contributed by atoms with van der Waals surface area (Å²) in [5.74, 6) is 0.204. The molecule has 0 aliphatic heterocycles. The molecular formula is C13H26BrNO3. The molecule has 0 N–H and O–H groups in total. The second kappa shape index (κ2) is 13.3. The Morgan fingerprint density at radius 2 is 1.61 bits per heavy atom. The monoisotopic (exact) mass is 323 g/mol. The predicted octanol–water partition coefficient (Wildman–Crippen LogP) is 2.45. The number of nitrogens with zero attached hydrogens (tertiary/aromatic N) is 1. The van der Waals surface area contributed by atoms with Gasteiger partial charge in [0.05, 0.1) is 13.2 Å². The maximum atomic E-state index is 12.0. The van der Waals surface area contributed by atoms with E-state index in [0.29, 0.717) is 45.9 Å². The molecule has 0 aromatic rings. The fourth-order valence-electron chi connectivity index (χ4n) is 1.53. The molecule has 0 saturated carbocycles. The molecule has 108 valence electrons. The molecule has 0 fully saturated rings. The van der Waals surface area contributed by atoms with Crippen LogP contribution in [0, 0.1) is 0 Å². The van der Waals surface area contributed by atoms with Crippen LogP contribution in [0.5, 0.6) is 0 Å². The zero-order chi connectivity index (χ0) is 13.6. The largest absolute Gasteiger partial charge is 0.380 e. The molecule has 0 atom stereocenters. The highest BCUT2D eigenvalue weighted by atomic mass is 79.9. The minimum atomic E-state index is 0.204. The van der Waals surface area contributed by atoms with Crippen LogP contribution in [0.3, 0.4) is 0 Å². The molecule has 5 heteroatoms. The van der Waals surface area contributed by atoms with Crippen LogP contribution in [0.2, 0.25) is 0 Å². The fraction of sp³-hybridized carbons (Fsp3) is 0.923. The molecule has 0 rings (SSSR count). The normalized spacial score (nSPS) is 10.6. The summed E-state index contributed by atoms with van der Waals surface area (Å²) in [7, 11) is 0. The first-order valence-electron chi connectivity index (χ1n) is 6.75. The van der Waals surface area contributed by atoms with Crippen molar-refractivity contribution in [1.82, 2.24) is 4.90 Å². The standard InChI is InChI=1S/C13H26BrNO3/c1-3-17-11-9-15(10-12-18-4-2)13(16)7-5-6-8-14/h3-12H2,1-2H3. The van der Waals surface area contributed by atoms with Crippen molar-refractivity contribution in [3.05, 3.63) is 0 Å². The van der Waals surface area contributed by atoms with Crippen molar-refractivity contribution in [1.29, 1.82) is 0 Å². The Hall–Kier alpha value is -0.130. The number of alkyl halides is 1. The van der Waals surface area contributed by atoms with E-state index in [1.807, 2.05) is 18.7 Å². The topological polar surface area (TPSA) is 38.8 Å². The smallest absolute Gasteiger partial charge is 0.222 e. The molecule has 0 spiro atoms. The molecule has 0 unspecified atom stereocenters. The molecule has 18 heavy (non-hydrogen) atoms. The molecular weight excluding hydrogens is 298 g/mol.